The summed E-state index contributed by atoms with van der Waals surface area (Å²) in [5.41, 5.74) is 4.97. The predicted octanol–water partition coefficient (Wildman–Crippen LogP) is 3.32. The van der Waals surface area contributed by atoms with Gasteiger partial charge in [-0.2, -0.15) is 11.8 Å². The number of primary amides is 1. The summed E-state index contributed by atoms with van der Waals surface area (Å²) in [5, 5.41) is 4.09. The minimum absolute atomic E-state index is 0.229. The predicted molar refractivity (Wildman–Crippen MR) is 89.0 cm³/mol. The van der Waals surface area contributed by atoms with Crippen LogP contribution in [0.3, 0.4) is 0 Å². The summed E-state index contributed by atoms with van der Waals surface area (Å²) in [6.07, 6.45) is 8.70. The number of nitrogens with two attached hydrogens (primary N) is 1. The van der Waals surface area contributed by atoms with Crippen molar-refractivity contribution in [3.05, 3.63) is 0 Å². The Labute approximate surface area is 128 Å². The first kappa shape index (κ1) is 17.8. The lowest BCUT2D eigenvalue weighted by atomic mass is 9.91. The first-order valence-corrected chi connectivity index (χ1v) is 9.19. The van der Waals surface area contributed by atoms with Gasteiger partial charge in [-0.15, -0.1) is 0 Å². The Hall–Kier alpha value is -0.220. The molecular formula is C16H32N2OS. The van der Waals surface area contributed by atoms with E-state index in [0.717, 1.165) is 30.6 Å². The molecule has 20 heavy (non-hydrogen) atoms. The van der Waals surface area contributed by atoms with Gasteiger partial charge in [0.1, 0.15) is 0 Å². The van der Waals surface area contributed by atoms with Crippen LogP contribution in [0, 0.1) is 5.92 Å². The van der Waals surface area contributed by atoms with Gasteiger partial charge in [-0.05, 0) is 50.8 Å². The molecule has 1 aliphatic rings. The second-order valence-corrected chi connectivity index (χ2v) is 7.86. The normalized spacial score (nSPS) is 26.1. The number of hydrogen-bond acceptors (Lipinski definition) is 3. The second kappa shape index (κ2) is 8.93. The van der Waals surface area contributed by atoms with Crippen LogP contribution in [0.5, 0.6) is 0 Å². The molecule has 1 amide bonds. The third-order valence-electron chi connectivity index (χ3n) is 4.42. The Morgan fingerprint density at radius 3 is 2.75 bits per heavy atom. The maximum absolute atomic E-state index is 11.5. The van der Waals surface area contributed by atoms with Crippen molar-refractivity contribution in [2.45, 2.75) is 76.5 Å². The second-order valence-electron chi connectivity index (χ2n) is 6.45. The molecule has 1 aliphatic carbocycles. The van der Waals surface area contributed by atoms with E-state index >= 15 is 0 Å². The lowest BCUT2D eigenvalue weighted by Gasteiger charge is -2.28. The summed E-state index contributed by atoms with van der Waals surface area (Å²) in [6.45, 7) is 7.10. The van der Waals surface area contributed by atoms with Crippen LogP contribution in [-0.2, 0) is 4.79 Å². The average molecular weight is 301 g/mol. The fourth-order valence-electron chi connectivity index (χ4n) is 3.05. The Morgan fingerprint density at radius 1 is 1.40 bits per heavy atom. The van der Waals surface area contributed by atoms with E-state index in [4.69, 9.17) is 5.73 Å². The van der Waals surface area contributed by atoms with Crippen LogP contribution < -0.4 is 11.1 Å². The van der Waals surface area contributed by atoms with Crippen molar-refractivity contribution in [1.29, 1.82) is 0 Å². The van der Waals surface area contributed by atoms with Crippen molar-refractivity contribution in [3.63, 3.8) is 0 Å². The summed E-state index contributed by atoms with van der Waals surface area (Å²) in [6, 6.07) is 0. The molecule has 0 spiro atoms. The summed E-state index contributed by atoms with van der Waals surface area (Å²) in [5.74, 6) is 1.90. The minimum atomic E-state index is -0.529. The molecule has 0 heterocycles. The summed E-state index contributed by atoms with van der Waals surface area (Å²) in [7, 11) is 0. The molecule has 0 aromatic carbocycles. The number of carbonyl (C=O) groups is 1. The van der Waals surface area contributed by atoms with Crippen LogP contribution in [0.2, 0.25) is 0 Å². The molecule has 3 unspecified atom stereocenters. The molecule has 0 aromatic rings. The van der Waals surface area contributed by atoms with E-state index in [2.05, 4.69) is 24.0 Å². The Bertz CT molecular complexity index is 298. The number of rotatable bonds is 9. The zero-order chi connectivity index (χ0) is 15.0. The quantitative estimate of drug-likeness (QED) is 0.642. The first-order valence-electron chi connectivity index (χ1n) is 8.14. The van der Waals surface area contributed by atoms with Crippen LogP contribution in [0.25, 0.3) is 0 Å². The van der Waals surface area contributed by atoms with Gasteiger partial charge in [-0.25, -0.2) is 0 Å². The number of thioether (sulfide) groups is 1. The monoisotopic (exact) mass is 300 g/mol. The molecule has 3 atom stereocenters. The van der Waals surface area contributed by atoms with Crippen molar-refractivity contribution >= 4 is 17.7 Å². The first-order chi connectivity index (χ1) is 9.48. The smallest absolute Gasteiger partial charge is 0.237 e. The van der Waals surface area contributed by atoms with Crippen molar-refractivity contribution in [1.82, 2.24) is 5.32 Å². The van der Waals surface area contributed by atoms with Crippen molar-refractivity contribution in [2.75, 3.05) is 12.3 Å². The van der Waals surface area contributed by atoms with Crippen molar-refractivity contribution in [3.8, 4) is 0 Å². The van der Waals surface area contributed by atoms with Crippen LogP contribution in [-0.4, -0.2) is 29.0 Å². The molecule has 118 valence electrons. The third-order valence-corrected chi connectivity index (χ3v) is 5.85. The largest absolute Gasteiger partial charge is 0.368 e. The van der Waals surface area contributed by atoms with Crippen LogP contribution >= 0.6 is 11.8 Å². The van der Waals surface area contributed by atoms with Gasteiger partial charge in [0.15, 0.2) is 0 Å². The Balaban J connectivity index is 2.15. The molecule has 1 rings (SSSR count). The summed E-state index contributed by atoms with van der Waals surface area (Å²) >= 11 is 2.14. The summed E-state index contributed by atoms with van der Waals surface area (Å²) in [4.78, 5) is 11.5. The highest BCUT2D eigenvalue weighted by atomic mass is 32.2. The molecule has 3 N–H and O–H groups in total. The van der Waals surface area contributed by atoms with E-state index in [1.807, 2.05) is 13.8 Å². The molecule has 3 nitrogen and oxygen atoms in total. The van der Waals surface area contributed by atoms with Gasteiger partial charge in [-0.3, -0.25) is 4.79 Å². The van der Waals surface area contributed by atoms with E-state index in [1.165, 1.54) is 37.9 Å². The number of nitrogens with one attached hydrogen (secondary N) is 1. The molecule has 1 fully saturated rings. The highest BCUT2D eigenvalue weighted by Crippen LogP contribution is 2.32. The molecule has 0 saturated heterocycles. The van der Waals surface area contributed by atoms with Gasteiger partial charge >= 0.3 is 0 Å². The van der Waals surface area contributed by atoms with E-state index in [-0.39, 0.29) is 5.91 Å². The number of amides is 1. The van der Waals surface area contributed by atoms with Gasteiger partial charge in [0.2, 0.25) is 5.91 Å². The molecule has 0 radical (unpaired) electrons. The molecule has 4 heteroatoms. The standard InChI is InChI=1S/C16H32N2OS/c1-4-18-16(3,15(17)19)10-5-6-11-20-14-9-7-8-13(2)12-14/h13-14,18H,4-12H2,1-3H3,(H2,17,19). The van der Waals surface area contributed by atoms with Gasteiger partial charge in [0.25, 0.3) is 0 Å². The van der Waals surface area contributed by atoms with Gasteiger partial charge in [0, 0.05) is 5.25 Å². The topological polar surface area (TPSA) is 55.1 Å². The van der Waals surface area contributed by atoms with Crippen LogP contribution in [0.1, 0.15) is 65.7 Å². The maximum Gasteiger partial charge on any atom is 0.237 e. The lowest BCUT2D eigenvalue weighted by Crippen LogP contribution is -2.52. The Morgan fingerprint density at radius 2 is 2.15 bits per heavy atom. The van der Waals surface area contributed by atoms with E-state index in [0.29, 0.717) is 0 Å². The minimum Gasteiger partial charge on any atom is -0.368 e. The van der Waals surface area contributed by atoms with Crippen LogP contribution in [0.15, 0.2) is 0 Å². The van der Waals surface area contributed by atoms with Gasteiger partial charge in [0.05, 0.1) is 5.54 Å². The van der Waals surface area contributed by atoms with E-state index in [9.17, 15) is 4.79 Å². The SMILES string of the molecule is CCNC(C)(CCCCSC1CCCC(C)C1)C(N)=O. The number of likely N-dealkylation sites (N-methyl/N-ethyl adjacent to an activating group) is 1. The fraction of sp³-hybridized carbons (Fsp3) is 0.938. The van der Waals surface area contributed by atoms with Gasteiger partial charge in [-0.1, -0.05) is 33.1 Å². The molecular weight excluding hydrogens is 268 g/mol. The highest BCUT2D eigenvalue weighted by molar-refractivity contribution is 7.99. The number of unbranched alkanes of at least 4 members (excludes halogenated alkanes) is 1. The van der Waals surface area contributed by atoms with Gasteiger partial charge < -0.3 is 11.1 Å². The fourth-order valence-corrected chi connectivity index (χ4v) is 4.55. The number of hydrogen-bond donors (Lipinski definition) is 2. The van der Waals surface area contributed by atoms with Crippen LogP contribution in [0.4, 0.5) is 0 Å². The molecule has 1 saturated carbocycles. The third kappa shape index (κ3) is 6.04. The van der Waals surface area contributed by atoms with Crippen molar-refractivity contribution in [2.24, 2.45) is 11.7 Å². The maximum atomic E-state index is 11.5. The average Bonchev–Trinajstić information content (AvgIpc) is 2.38. The molecule has 0 aliphatic heterocycles. The lowest BCUT2D eigenvalue weighted by molar-refractivity contribution is -0.124. The van der Waals surface area contributed by atoms with E-state index in [1.54, 1.807) is 0 Å². The number of carbonyl (C=O) groups excluding carboxylic acids is 1. The summed E-state index contributed by atoms with van der Waals surface area (Å²) < 4.78 is 0. The zero-order valence-corrected chi connectivity index (χ0v) is 14.2. The Kier molecular flexibility index (Phi) is 7.96. The highest BCUT2D eigenvalue weighted by Gasteiger charge is 2.29. The molecule has 0 aromatic heterocycles. The van der Waals surface area contributed by atoms with E-state index < -0.39 is 5.54 Å². The zero-order valence-electron chi connectivity index (χ0n) is 13.4. The van der Waals surface area contributed by atoms with Crippen molar-refractivity contribution < 1.29 is 4.79 Å². The molecule has 0 bridgehead atoms.